The van der Waals surface area contributed by atoms with Gasteiger partial charge in [0.2, 0.25) is 6.20 Å². The Morgan fingerprint density at radius 1 is 0.736 bits per heavy atom. The molecule has 0 fully saturated rings. The molecule has 8 heteroatoms. The summed E-state index contributed by atoms with van der Waals surface area (Å²) >= 11 is 0. The normalized spacial score (nSPS) is 11.0. The first-order valence-corrected chi connectivity index (χ1v) is 16.1. The van der Waals surface area contributed by atoms with Gasteiger partial charge in [-0.2, -0.15) is 36.4 Å². The fourth-order valence-corrected chi connectivity index (χ4v) is 5.30. The van der Waals surface area contributed by atoms with Crippen molar-refractivity contribution in [3.63, 3.8) is 0 Å². The molecule has 0 saturated heterocycles. The van der Waals surface area contributed by atoms with Crippen molar-refractivity contribution >= 4 is 28.8 Å². The summed E-state index contributed by atoms with van der Waals surface area (Å²) in [6, 6.07) is 63.7. The minimum Gasteiger partial charge on any atom is -0.669 e. The number of rotatable bonds is 8. The van der Waals surface area contributed by atoms with Gasteiger partial charge in [-0.25, -0.2) is 24.2 Å². The zero-order valence-electron chi connectivity index (χ0n) is 28.3. The molecule has 258 valence electrons. The third-order valence-electron chi connectivity index (χ3n) is 7.68. The van der Waals surface area contributed by atoms with Crippen LogP contribution in [0, 0.1) is 42.8 Å². The Hall–Kier alpha value is -5.81. The quantitative estimate of drug-likeness (QED) is 0.0866. The maximum Gasteiger partial charge on any atom is 4.00 e. The number of hydrogen-bond donors (Lipinski definition) is 0. The Balaban J connectivity index is 0.000000542. The van der Waals surface area contributed by atoms with E-state index in [-0.39, 0.29) is 42.1 Å². The number of anilines is 3. The van der Waals surface area contributed by atoms with E-state index in [0.717, 1.165) is 45.1 Å². The summed E-state index contributed by atoms with van der Waals surface area (Å²) in [4.78, 5) is 6.79. The topological polar surface area (TPSA) is 36.3 Å². The molecule has 0 spiro atoms. The first-order chi connectivity index (χ1) is 25.1. The molecule has 0 amide bonds. The van der Waals surface area contributed by atoms with E-state index in [2.05, 4.69) is 64.4 Å². The van der Waals surface area contributed by atoms with Gasteiger partial charge in [-0.1, -0.05) is 57.1 Å². The Morgan fingerprint density at radius 3 is 2.17 bits per heavy atom. The van der Waals surface area contributed by atoms with Gasteiger partial charge < -0.3 is 25.6 Å². The largest absolute Gasteiger partial charge is 4.00 e. The summed E-state index contributed by atoms with van der Waals surface area (Å²) in [5, 5.41) is 0. The Morgan fingerprint density at radius 2 is 1.45 bits per heavy atom. The molecule has 5 aromatic carbocycles. The Bertz CT molecular complexity index is 2410. The number of benzene rings is 5. The minimum atomic E-state index is 0. The third-order valence-corrected chi connectivity index (χ3v) is 7.68. The van der Waals surface area contributed by atoms with Gasteiger partial charge in [-0.3, -0.25) is 11.1 Å². The molecule has 3 heterocycles. The smallest absolute Gasteiger partial charge is 0.669 e. The summed E-state index contributed by atoms with van der Waals surface area (Å²) < 4.78 is 11.3. The number of pyridine rings is 1. The molecule has 0 radical (unpaired) electrons. The van der Waals surface area contributed by atoms with Gasteiger partial charge in [0.15, 0.2) is 7.05 Å². The van der Waals surface area contributed by atoms with Crippen molar-refractivity contribution in [1.82, 2.24) is 9.55 Å². The van der Waals surface area contributed by atoms with Gasteiger partial charge >= 0.3 is 48.1 Å². The summed E-state index contributed by atoms with van der Waals surface area (Å²) in [7, 11) is 1.95. The van der Waals surface area contributed by atoms with E-state index in [1.165, 1.54) is 0 Å². The number of nitrogens with zero attached hydrogens (tertiary/aromatic N) is 5. The van der Waals surface area contributed by atoms with Crippen LogP contribution in [0.2, 0.25) is 0 Å². The average Bonchev–Trinajstić information content (AvgIpc) is 3.89. The molecular weight excluding hydrogens is 1020 g/mol. The van der Waals surface area contributed by atoms with Crippen molar-refractivity contribution in [1.29, 1.82) is 0 Å². The van der Waals surface area contributed by atoms with E-state index in [1.54, 1.807) is 23.2 Å². The number of hydrogen-bond acceptors (Lipinski definition) is 3. The van der Waals surface area contributed by atoms with Gasteiger partial charge in [0.25, 0.3) is 6.20 Å². The van der Waals surface area contributed by atoms with Crippen molar-refractivity contribution in [2.45, 2.75) is 0 Å². The van der Waals surface area contributed by atoms with Crippen LogP contribution in [0.25, 0.3) is 22.4 Å². The molecule has 0 saturated carbocycles. The summed E-state index contributed by atoms with van der Waals surface area (Å²) in [6.45, 7) is 0. The molecule has 8 rings (SSSR count). The fraction of sp³-hybridized carbons (Fsp3) is 0.0222. The predicted molar refractivity (Wildman–Crippen MR) is 198 cm³/mol. The van der Waals surface area contributed by atoms with Crippen molar-refractivity contribution in [2.24, 2.45) is 0 Å². The van der Waals surface area contributed by atoms with E-state index in [4.69, 9.17) is 11.2 Å². The molecule has 53 heavy (non-hydrogen) atoms. The first kappa shape index (κ1) is 38.4. The van der Waals surface area contributed by atoms with Crippen LogP contribution in [0.5, 0.6) is 11.5 Å². The summed E-state index contributed by atoms with van der Waals surface area (Å²) in [6.07, 6.45) is 15.7. The molecule has 6 nitrogen and oxygen atoms in total. The summed E-state index contributed by atoms with van der Waals surface area (Å²) in [5.41, 5.74) is 6.96. The third kappa shape index (κ3) is 9.75. The van der Waals surface area contributed by atoms with Crippen molar-refractivity contribution in [3.8, 4) is 39.9 Å². The first-order valence-electron chi connectivity index (χ1n) is 16.1. The number of aromatic nitrogens is 2. The van der Waals surface area contributed by atoms with E-state index in [0.29, 0.717) is 11.5 Å². The molecule has 0 bridgehead atoms. The standard InChI is InChI=1S/C39H25N4O.C6H4N.2Pt/c1-41-23-24-42(29-41)34-15-10-17-36(28-34)43(33-13-4-2-5-14-33)35-16-8-12-32(25-35)39-27-31(21-22-40-39)30-11-9-20-38(26-30)44-37-18-6-3-7-19-37;1-2-7-5-3-4-6-7;;/h2-18,20,22-24,27H,1H3;3-6H;;/q-3;-1;+2;+4. The molecule has 2 aromatic heterocycles. The van der Waals surface area contributed by atoms with E-state index < -0.39 is 0 Å². The van der Waals surface area contributed by atoms with Crippen LogP contribution in [-0.4, -0.2) is 31.8 Å². The van der Waals surface area contributed by atoms with Crippen LogP contribution in [0.1, 0.15) is 0 Å². The maximum absolute atomic E-state index is 6.57. The van der Waals surface area contributed by atoms with Crippen LogP contribution >= 0.6 is 0 Å². The second kappa shape index (κ2) is 18.6. The molecule has 0 unspecified atom stereocenters. The van der Waals surface area contributed by atoms with Crippen LogP contribution < -0.4 is 9.64 Å². The van der Waals surface area contributed by atoms with E-state index in [1.807, 2.05) is 144 Å². The second-order valence-electron chi connectivity index (χ2n) is 11.2. The molecule has 0 N–H and O–H groups in total. The molecule has 0 aliphatic carbocycles. The van der Waals surface area contributed by atoms with Crippen LogP contribution in [0.4, 0.5) is 22.7 Å². The number of para-hydroxylation sites is 2. The summed E-state index contributed by atoms with van der Waals surface area (Å²) in [5.74, 6) is 1.24. The van der Waals surface area contributed by atoms with Gasteiger partial charge in [0.1, 0.15) is 5.69 Å². The van der Waals surface area contributed by atoms with Gasteiger partial charge in [-0.15, -0.1) is 54.1 Å². The SMILES string of the molecule is C[N+]1=C=[N+](c2[c-]c(N(c3[c-]c(-c4cc(-c5[c-]c(Oc6[c-]cccc6)ccc5)[c-]cn4)ccc3)c3ccccc3)ccc2)C=C1.[C-]#Cn1cccc1.[Pt+2].[Pt+4]. The molecule has 0 atom stereocenters. The zero-order valence-corrected chi connectivity index (χ0v) is 32.8. The van der Waals surface area contributed by atoms with Gasteiger partial charge in [0.05, 0.1) is 0 Å². The minimum absolute atomic E-state index is 0. The maximum atomic E-state index is 6.57. The zero-order chi connectivity index (χ0) is 34.8. The fourth-order valence-electron chi connectivity index (χ4n) is 5.30. The average molecular weight is 1050 g/mol. The predicted octanol–water partition coefficient (Wildman–Crippen LogP) is 9.50. The second-order valence-corrected chi connectivity index (χ2v) is 11.2. The molecule has 1 aliphatic rings. The monoisotopic (exact) mass is 1050 g/mol. The molecule has 7 aromatic rings. The van der Waals surface area contributed by atoms with Gasteiger partial charge in [-0.05, 0) is 30.0 Å². The van der Waals surface area contributed by atoms with Crippen LogP contribution in [0.15, 0.2) is 158 Å². The Labute approximate surface area is 339 Å². The van der Waals surface area contributed by atoms with Crippen molar-refractivity contribution in [3.05, 3.63) is 195 Å². The van der Waals surface area contributed by atoms with E-state index in [9.17, 15) is 0 Å². The van der Waals surface area contributed by atoms with Crippen LogP contribution in [0.3, 0.4) is 0 Å². The van der Waals surface area contributed by atoms with Gasteiger partial charge in [0, 0.05) is 29.6 Å². The Kier molecular flexibility index (Phi) is 13.5. The van der Waals surface area contributed by atoms with Crippen molar-refractivity contribution < 1.29 is 56.0 Å². The molecule has 1 aliphatic heterocycles. The number of ether oxygens (including phenoxy) is 1. The van der Waals surface area contributed by atoms with E-state index >= 15 is 0 Å². The molecular formula is C45H29N5OPt2+2. The van der Waals surface area contributed by atoms with Crippen molar-refractivity contribution in [2.75, 3.05) is 11.9 Å². The van der Waals surface area contributed by atoms with Crippen LogP contribution in [-0.2, 0) is 42.1 Å².